The van der Waals surface area contributed by atoms with Crippen LogP contribution in [0.4, 0.5) is 5.95 Å². The summed E-state index contributed by atoms with van der Waals surface area (Å²) < 4.78 is 7.64. The molecule has 3 rings (SSSR count). The van der Waals surface area contributed by atoms with Crippen LogP contribution in [0.2, 0.25) is 0 Å². The number of benzene rings is 1. The number of nitrogens with one attached hydrogen (secondary N) is 1. The van der Waals surface area contributed by atoms with Gasteiger partial charge in [0, 0.05) is 7.05 Å². The molecule has 144 valence electrons. The van der Waals surface area contributed by atoms with Gasteiger partial charge in [0.2, 0.25) is 5.95 Å². The summed E-state index contributed by atoms with van der Waals surface area (Å²) in [6.45, 7) is 11.3. The monoisotopic (exact) mass is 369 g/mol. The minimum absolute atomic E-state index is 0.187. The maximum Gasteiger partial charge on any atom is 0.263 e. The minimum Gasteiger partial charge on any atom is -0.492 e. The average molecular weight is 369 g/mol. The second-order valence-electron chi connectivity index (χ2n) is 7.95. The van der Waals surface area contributed by atoms with Crippen molar-refractivity contribution in [3.05, 3.63) is 45.9 Å². The summed E-state index contributed by atoms with van der Waals surface area (Å²) in [5.74, 6) is 1.35. The Labute approximate surface area is 159 Å². The number of aryl methyl sites for hydroxylation is 2. The van der Waals surface area contributed by atoms with Crippen molar-refractivity contribution in [3.63, 3.8) is 0 Å². The van der Waals surface area contributed by atoms with E-state index in [1.54, 1.807) is 10.9 Å². The van der Waals surface area contributed by atoms with Gasteiger partial charge in [-0.05, 0) is 57.9 Å². The van der Waals surface area contributed by atoms with Crippen LogP contribution in [0.3, 0.4) is 0 Å². The van der Waals surface area contributed by atoms with E-state index in [0.29, 0.717) is 30.1 Å². The zero-order valence-corrected chi connectivity index (χ0v) is 16.8. The van der Waals surface area contributed by atoms with Crippen molar-refractivity contribution >= 4 is 17.0 Å². The lowest BCUT2D eigenvalue weighted by Gasteiger charge is -2.21. The number of aromatic nitrogens is 4. The standard InChI is InChI=1S/C20H27N5O2/c1-13-9-14(2)11-15(10-13)27-8-7-24(6)19-22-17-16(18(26)23-19)12-21-25(17)20(3,4)5/h9-12H,7-8H2,1-6H3,(H,22,23,26). The summed E-state index contributed by atoms with van der Waals surface area (Å²) in [6, 6.07) is 6.14. The molecule has 0 bridgehead atoms. The number of hydrogen-bond acceptors (Lipinski definition) is 5. The fourth-order valence-corrected chi connectivity index (χ4v) is 3.00. The molecule has 0 saturated carbocycles. The third kappa shape index (κ3) is 4.13. The Hall–Kier alpha value is -2.83. The zero-order valence-electron chi connectivity index (χ0n) is 16.8. The van der Waals surface area contributed by atoms with Crippen molar-refractivity contribution in [2.45, 2.75) is 40.2 Å². The van der Waals surface area contributed by atoms with Crippen LogP contribution >= 0.6 is 0 Å². The molecule has 0 aliphatic carbocycles. The van der Waals surface area contributed by atoms with Gasteiger partial charge in [0.15, 0.2) is 5.65 Å². The number of nitrogens with zero attached hydrogens (tertiary/aromatic N) is 4. The number of aromatic amines is 1. The van der Waals surface area contributed by atoms with Crippen molar-refractivity contribution in [1.29, 1.82) is 0 Å². The average Bonchev–Trinajstić information content (AvgIpc) is 2.98. The van der Waals surface area contributed by atoms with Crippen LogP contribution in [0.1, 0.15) is 31.9 Å². The highest BCUT2D eigenvalue weighted by Gasteiger charge is 2.20. The molecule has 1 N–H and O–H groups in total. The topological polar surface area (TPSA) is 76.0 Å². The van der Waals surface area contributed by atoms with Crippen molar-refractivity contribution in [2.24, 2.45) is 0 Å². The fourth-order valence-electron chi connectivity index (χ4n) is 3.00. The molecule has 7 nitrogen and oxygen atoms in total. The van der Waals surface area contributed by atoms with Gasteiger partial charge in [-0.2, -0.15) is 10.1 Å². The molecule has 0 saturated heterocycles. The Bertz CT molecular complexity index is 993. The number of hydrogen-bond donors (Lipinski definition) is 1. The van der Waals surface area contributed by atoms with Gasteiger partial charge in [0.1, 0.15) is 17.7 Å². The number of anilines is 1. The Kier molecular flexibility index (Phi) is 4.95. The van der Waals surface area contributed by atoms with Gasteiger partial charge in [-0.25, -0.2) is 4.68 Å². The first-order valence-electron chi connectivity index (χ1n) is 9.06. The predicted molar refractivity (Wildman–Crippen MR) is 108 cm³/mol. The number of ether oxygens (including phenoxy) is 1. The molecule has 0 fully saturated rings. The molecule has 2 heterocycles. The van der Waals surface area contributed by atoms with Gasteiger partial charge in [-0.1, -0.05) is 6.07 Å². The highest BCUT2D eigenvalue weighted by Crippen LogP contribution is 2.20. The first kappa shape index (κ1) is 18.9. The lowest BCUT2D eigenvalue weighted by molar-refractivity contribution is 0.325. The lowest BCUT2D eigenvalue weighted by atomic mass is 10.1. The summed E-state index contributed by atoms with van der Waals surface area (Å²) in [5.41, 5.74) is 2.48. The van der Waals surface area contributed by atoms with Crippen molar-refractivity contribution in [1.82, 2.24) is 19.7 Å². The molecule has 0 atom stereocenters. The molecule has 7 heteroatoms. The predicted octanol–water partition coefficient (Wildman–Crippen LogP) is 3.01. The highest BCUT2D eigenvalue weighted by molar-refractivity contribution is 5.74. The molecule has 0 aliphatic rings. The first-order chi connectivity index (χ1) is 12.6. The molecular weight excluding hydrogens is 342 g/mol. The van der Waals surface area contributed by atoms with E-state index in [9.17, 15) is 4.79 Å². The normalized spacial score (nSPS) is 11.8. The van der Waals surface area contributed by atoms with E-state index in [4.69, 9.17) is 4.74 Å². The van der Waals surface area contributed by atoms with E-state index >= 15 is 0 Å². The zero-order chi connectivity index (χ0) is 19.8. The summed E-state index contributed by atoms with van der Waals surface area (Å²) in [5, 5.41) is 4.83. The molecule has 1 aromatic carbocycles. The van der Waals surface area contributed by atoms with E-state index in [1.807, 2.05) is 58.7 Å². The number of H-pyrrole nitrogens is 1. The van der Waals surface area contributed by atoms with Crippen LogP contribution in [0.5, 0.6) is 5.75 Å². The third-order valence-corrected chi connectivity index (χ3v) is 4.31. The molecule has 0 spiro atoms. The number of fused-ring (bicyclic) bond motifs is 1. The molecule has 27 heavy (non-hydrogen) atoms. The summed E-state index contributed by atoms with van der Waals surface area (Å²) in [4.78, 5) is 21.7. The van der Waals surface area contributed by atoms with Crippen molar-refractivity contribution < 1.29 is 4.74 Å². The van der Waals surface area contributed by atoms with Crippen molar-refractivity contribution in [2.75, 3.05) is 25.1 Å². The molecule has 2 aromatic heterocycles. The quantitative estimate of drug-likeness (QED) is 0.748. The molecular formula is C20H27N5O2. The van der Waals surface area contributed by atoms with Crippen LogP contribution in [0.25, 0.3) is 11.0 Å². The van der Waals surface area contributed by atoms with Crippen molar-refractivity contribution in [3.8, 4) is 5.75 Å². The van der Waals surface area contributed by atoms with Gasteiger partial charge < -0.3 is 9.64 Å². The molecule has 0 aliphatic heterocycles. The van der Waals surface area contributed by atoms with Gasteiger partial charge >= 0.3 is 0 Å². The largest absolute Gasteiger partial charge is 0.492 e. The second kappa shape index (κ2) is 7.06. The van der Waals surface area contributed by atoms with Crippen LogP contribution < -0.4 is 15.2 Å². The SMILES string of the molecule is Cc1cc(C)cc(OCCN(C)c2nc3c(cnn3C(C)(C)C)c(=O)[nH]2)c1. The van der Waals surface area contributed by atoms with E-state index < -0.39 is 0 Å². The number of likely N-dealkylation sites (N-methyl/N-ethyl adjacent to an activating group) is 1. The highest BCUT2D eigenvalue weighted by atomic mass is 16.5. The van der Waals surface area contributed by atoms with E-state index in [0.717, 1.165) is 5.75 Å². The third-order valence-electron chi connectivity index (χ3n) is 4.31. The fraction of sp³-hybridized carbons (Fsp3) is 0.450. The minimum atomic E-state index is -0.259. The Morgan fingerprint density at radius 2 is 1.85 bits per heavy atom. The Morgan fingerprint density at radius 1 is 1.19 bits per heavy atom. The lowest BCUT2D eigenvalue weighted by Crippen LogP contribution is -2.29. The number of rotatable bonds is 5. The van der Waals surface area contributed by atoms with Gasteiger partial charge in [0.25, 0.3) is 5.56 Å². The molecule has 0 amide bonds. The van der Waals surface area contributed by atoms with Crippen LogP contribution in [0.15, 0.2) is 29.2 Å². The maximum atomic E-state index is 12.4. The van der Waals surface area contributed by atoms with Crippen LogP contribution in [0, 0.1) is 13.8 Å². The Balaban J connectivity index is 1.77. The second-order valence-corrected chi connectivity index (χ2v) is 7.95. The van der Waals surface area contributed by atoms with Gasteiger partial charge in [-0.3, -0.25) is 9.78 Å². The molecule has 0 unspecified atom stereocenters. The van der Waals surface area contributed by atoms with E-state index in [-0.39, 0.29) is 11.1 Å². The summed E-state index contributed by atoms with van der Waals surface area (Å²) in [6.07, 6.45) is 1.57. The van der Waals surface area contributed by atoms with Crippen LogP contribution in [-0.2, 0) is 5.54 Å². The van der Waals surface area contributed by atoms with E-state index in [1.165, 1.54) is 11.1 Å². The molecule has 3 aromatic rings. The first-order valence-corrected chi connectivity index (χ1v) is 9.06. The summed E-state index contributed by atoms with van der Waals surface area (Å²) in [7, 11) is 1.88. The summed E-state index contributed by atoms with van der Waals surface area (Å²) >= 11 is 0. The van der Waals surface area contributed by atoms with Crippen LogP contribution in [-0.4, -0.2) is 39.9 Å². The Morgan fingerprint density at radius 3 is 2.48 bits per heavy atom. The van der Waals surface area contributed by atoms with Gasteiger partial charge in [-0.15, -0.1) is 0 Å². The maximum absolute atomic E-state index is 12.4. The van der Waals surface area contributed by atoms with E-state index in [2.05, 4.69) is 21.1 Å². The molecule has 0 radical (unpaired) electrons. The smallest absolute Gasteiger partial charge is 0.263 e. The van der Waals surface area contributed by atoms with Gasteiger partial charge in [0.05, 0.1) is 18.3 Å².